The van der Waals surface area contributed by atoms with Crippen LogP contribution in [0.2, 0.25) is 0 Å². The van der Waals surface area contributed by atoms with Crippen molar-refractivity contribution in [2.45, 2.75) is 19.0 Å². The molecule has 0 bridgehead atoms. The lowest BCUT2D eigenvalue weighted by molar-refractivity contribution is 0.0660. The van der Waals surface area contributed by atoms with Gasteiger partial charge < -0.3 is 20.1 Å². The van der Waals surface area contributed by atoms with Crippen LogP contribution < -0.4 is 10.1 Å². The Kier molecular flexibility index (Phi) is 3.15. The highest BCUT2D eigenvalue weighted by atomic mass is 16.5. The Morgan fingerprint density at radius 1 is 1.26 bits per heavy atom. The van der Waals surface area contributed by atoms with Crippen molar-refractivity contribution in [1.29, 1.82) is 0 Å². The molecule has 0 aliphatic carbocycles. The van der Waals surface area contributed by atoms with E-state index in [0.29, 0.717) is 30.1 Å². The third-order valence-corrected chi connectivity index (χ3v) is 4.69. The van der Waals surface area contributed by atoms with Gasteiger partial charge in [-0.2, -0.15) is 0 Å². The van der Waals surface area contributed by atoms with Crippen molar-refractivity contribution in [3.63, 3.8) is 0 Å². The fourth-order valence-corrected chi connectivity index (χ4v) is 3.45. The second-order valence-corrected chi connectivity index (χ2v) is 6.01. The fraction of sp³-hybridized carbons (Fsp3) is 0.278. The maximum absolute atomic E-state index is 13.0. The number of nitrogens with zero attached hydrogens (tertiary/aromatic N) is 1. The van der Waals surface area contributed by atoms with Crippen LogP contribution >= 0.6 is 0 Å². The molecule has 0 unspecified atom stereocenters. The van der Waals surface area contributed by atoms with Gasteiger partial charge in [-0.3, -0.25) is 4.79 Å². The van der Waals surface area contributed by atoms with Crippen LogP contribution in [0.3, 0.4) is 0 Å². The van der Waals surface area contributed by atoms with Crippen LogP contribution in [-0.2, 0) is 13.0 Å². The molecule has 0 saturated carbocycles. The number of carbonyl (C=O) groups is 1. The van der Waals surface area contributed by atoms with E-state index in [-0.39, 0.29) is 17.7 Å². The van der Waals surface area contributed by atoms with Gasteiger partial charge in [0.25, 0.3) is 5.91 Å². The molecule has 0 radical (unpaired) electrons. The van der Waals surface area contributed by atoms with Crippen LogP contribution in [0, 0.1) is 0 Å². The average Bonchev–Trinajstić information content (AvgIpc) is 2.70. The number of hydrogen-bond acceptors (Lipinski definition) is 4. The third-order valence-electron chi connectivity index (χ3n) is 4.69. The van der Waals surface area contributed by atoms with Gasteiger partial charge in [0.2, 0.25) is 0 Å². The molecule has 0 aromatic heterocycles. The number of hydrogen-bond donors (Lipinski definition) is 2. The number of ether oxygens (including phenoxy) is 1. The van der Waals surface area contributed by atoms with Crippen molar-refractivity contribution in [1.82, 2.24) is 4.90 Å². The second-order valence-electron chi connectivity index (χ2n) is 6.01. The summed E-state index contributed by atoms with van der Waals surface area (Å²) >= 11 is 0. The second kappa shape index (κ2) is 5.19. The standard InChI is InChI=1S/C18H18N2O3/c1-23-17-7-14-15(8-16(17)21)19-9-13-6-11-4-2-3-5-12(11)10-20(13)18(14)22/h2-5,7-8,13,19,21H,6,9-10H2,1H3/t13-/m0/s1. The highest BCUT2D eigenvalue weighted by Gasteiger charge is 2.34. The lowest BCUT2D eigenvalue weighted by Crippen LogP contribution is -2.45. The number of carbonyl (C=O) groups excluding carboxylic acids is 1. The number of aromatic hydroxyl groups is 1. The van der Waals surface area contributed by atoms with Crippen molar-refractivity contribution in [3.05, 3.63) is 53.1 Å². The fourth-order valence-electron chi connectivity index (χ4n) is 3.45. The minimum atomic E-state index is -0.0252. The van der Waals surface area contributed by atoms with Crippen LogP contribution in [0.1, 0.15) is 21.5 Å². The Hall–Kier alpha value is -2.69. The number of rotatable bonds is 1. The average molecular weight is 310 g/mol. The topological polar surface area (TPSA) is 61.8 Å². The Balaban J connectivity index is 1.76. The lowest BCUT2D eigenvalue weighted by atomic mass is 9.94. The number of benzene rings is 2. The zero-order chi connectivity index (χ0) is 16.0. The van der Waals surface area contributed by atoms with Gasteiger partial charge in [-0.1, -0.05) is 24.3 Å². The molecule has 0 saturated heterocycles. The number of fused-ring (bicyclic) bond motifs is 3. The Labute approximate surface area is 134 Å². The quantitative estimate of drug-likeness (QED) is 0.849. The van der Waals surface area contributed by atoms with Crippen LogP contribution in [0.5, 0.6) is 11.5 Å². The molecule has 1 atom stereocenters. The summed E-state index contributed by atoms with van der Waals surface area (Å²) in [5.41, 5.74) is 3.70. The smallest absolute Gasteiger partial charge is 0.256 e. The minimum Gasteiger partial charge on any atom is -0.504 e. The summed E-state index contributed by atoms with van der Waals surface area (Å²) < 4.78 is 5.14. The molecule has 2 aliphatic heterocycles. The molecular formula is C18H18N2O3. The number of phenolic OH excluding ortho intramolecular Hbond substituents is 1. The van der Waals surface area contributed by atoms with E-state index >= 15 is 0 Å². The van der Waals surface area contributed by atoms with Gasteiger partial charge in [0.05, 0.1) is 24.4 Å². The lowest BCUT2D eigenvalue weighted by Gasteiger charge is -2.35. The van der Waals surface area contributed by atoms with Gasteiger partial charge >= 0.3 is 0 Å². The molecule has 23 heavy (non-hydrogen) atoms. The summed E-state index contributed by atoms with van der Waals surface area (Å²) in [6.07, 6.45) is 0.839. The van der Waals surface area contributed by atoms with Crippen molar-refractivity contribution < 1.29 is 14.6 Å². The van der Waals surface area contributed by atoms with Crippen molar-refractivity contribution in [2.24, 2.45) is 0 Å². The number of nitrogens with one attached hydrogen (secondary N) is 1. The Morgan fingerprint density at radius 2 is 2.04 bits per heavy atom. The first-order chi connectivity index (χ1) is 11.2. The van der Waals surface area contributed by atoms with Gasteiger partial charge in [-0.15, -0.1) is 0 Å². The maximum atomic E-state index is 13.0. The summed E-state index contributed by atoms with van der Waals surface area (Å²) in [5, 5.41) is 13.3. The van der Waals surface area contributed by atoms with Gasteiger partial charge in [-0.25, -0.2) is 0 Å². The highest BCUT2D eigenvalue weighted by Crippen LogP contribution is 2.36. The van der Waals surface area contributed by atoms with Crippen LogP contribution in [-0.4, -0.2) is 35.6 Å². The van der Waals surface area contributed by atoms with E-state index in [1.807, 2.05) is 17.0 Å². The molecule has 2 aromatic rings. The Bertz CT molecular complexity index is 788. The van der Waals surface area contributed by atoms with E-state index in [9.17, 15) is 9.90 Å². The van der Waals surface area contributed by atoms with E-state index in [0.717, 1.165) is 6.42 Å². The monoisotopic (exact) mass is 310 g/mol. The summed E-state index contributed by atoms with van der Waals surface area (Å²) in [6.45, 7) is 1.28. The first-order valence-electron chi connectivity index (χ1n) is 7.70. The zero-order valence-corrected chi connectivity index (χ0v) is 12.9. The molecule has 0 spiro atoms. The van der Waals surface area contributed by atoms with E-state index in [1.54, 1.807) is 12.1 Å². The molecule has 2 aromatic carbocycles. The molecule has 0 fully saturated rings. The summed E-state index contributed by atoms with van der Waals surface area (Å²) in [5.74, 6) is 0.326. The molecule has 2 N–H and O–H groups in total. The van der Waals surface area contributed by atoms with E-state index in [4.69, 9.17) is 4.74 Å². The zero-order valence-electron chi connectivity index (χ0n) is 12.9. The number of methoxy groups -OCH3 is 1. The number of phenols is 1. The van der Waals surface area contributed by atoms with Crippen molar-refractivity contribution in [2.75, 3.05) is 19.0 Å². The number of anilines is 1. The molecule has 118 valence electrons. The normalized spacial score (nSPS) is 19.1. The molecule has 4 rings (SSSR count). The largest absolute Gasteiger partial charge is 0.504 e. The predicted molar refractivity (Wildman–Crippen MR) is 87.0 cm³/mol. The minimum absolute atomic E-state index is 0.0252. The van der Waals surface area contributed by atoms with Gasteiger partial charge in [0, 0.05) is 19.2 Å². The first kappa shape index (κ1) is 13.9. The van der Waals surface area contributed by atoms with Gasteiger partial charge in [0.15, 0.2) is 11.5 Å². The van der Waals surface area contributed by atoms with E-state index in [1.165, 1.54) is 18.2 Å². The first-order valence-corrected chi connectivity index (χ1v) is 7.70. The summed E-state index contributed by atoms with van der Waals surface area (Å²) in [4.78, 5) is 14.9. The van der Waals surface area contributed by atoms with Crippen molar-refractivity contribution in [3.8, 4) is 11.5 Å². The van der Waals surface area contributed by atoms with Crippen LogP contribution in [0.15, 0.2) is 36.4 Å². The molecule has 2 heterocycles. The molecule has 5 nitrogen and oxygen atoms in total. The van der Waals surface area contributed by atoms with Crippen LogP contribution in [0.25, 0.3) is 0 Å². The maximum Gasteiger partial charge on any atom is 0.256 e. The van der Waals surface area contributed by atoms with E-state index in [2.05, 4.69) is 17.4 Å². The predicted octanol–water partition coefficient (Wildman–Crippen LogP) is 2.39. The molecular weight excluding hydrogens is 292 g/mol. The molecule has 2 aliphatic rings. The van der Waals surface area contributed by atoms with Gasteiger partial charge in [0.1, 0.15) is 0 Å². The summed E-state index contributed by atoms with van der Waals surface area (Å²) in [6, 6.07) is 11.5. The Morgan fingerprint density at radius 3 is 2.83 bits per heavy atom. The highest BCUT2D eigenvalue weighted by molar-refractivity contribution is 6.01. The molecule has 1 amide bonds. The SMILES string of the molecule is COc1cc2c(cc1O)NC[C@@H]1Cc3ccccc3CN1C2=O. The van der Waals surface area contributed by atoms with Crippen LogP contribution in [0.4, 0.5) is 5.69 Å². The van der Waals surface area contributed by atoms with E-state index < -0.39 is 0 Å². The molecule has 5 heteroatoms. The number of amides is 1. The third kappa shape index (κ3) is 2.20. The van der Waals surface area contributed by atoms with Crippen molar-refractivity contribution >= 4 is 11.6 Å². The summed E-state index contributed by atoms with van der Waals surface area (Å²) in [7, 11) is 1.48. The van der Waals surface area contributed by atoms with Gasteiger partial charge in [-0.05, 0) is 23.6 Å².